The summed E-state index contributed by atoms with van der Waals surface area (Å²) in [5, 5.41) is 0. The van der Waals surface area contributed by atoms with E-state index in [2.05, 4.69) is 0 Å². The molecule has 102 valence electrons. The fourth-order valence-corrected chi connectivity index (χ4v) is 2.84. The van der Waals surface area contributed by atoms with Crippen LogP contribution in [0.25, 0.3) is 0 Å². The first-order chi connectivity index (χ1) is 9.74. The van der Waals surface area contributed by atoms with Crippen LogP contribution in [0, 0.1) is 0 Å². The van der Waals surface area contributed by atoms with Crippen molar-refractivity contribution in [3.63, 3.8) is 0 Å². The minimum absolute atomic E-state index is 0.0690. The molecule has 0 spiro atoms. The molecule has 0 aromatic heterocycles. The molecule has 0 amide bonds. The smallest absolute Gasteiger partial charge is 0.164 e. The molecule has 20 heavy (non-hydrogen) atoms. The summed E-state index contributed by atoms with van der Waals surface area (Å²) in [5.74, 6) is 1.78. The molecular formula is C17H16O3. The minimum Gasteiger partial charge on any atom is -0.497 e. The molecule has 0 aliphatic heterocycles. The van der Waals surface area contributed by atoms with Crippen molar-refractivity contribution in [2.75, 3.05) is 14.2 Å². The van der Waals surface area contributed by atoms with Gasteiger partial charge in [-0.25, -0.2) is 0 Å². The van der Waals surface area contributed by atoms with Gasteiger partial charge in [0, 0.05) is 23.5 Å². The number of methoxy groups -OCH3 is 2. The van der Waals surface area contributed by atoms with Gasteiger partial charge in [0.2, 0.25) is 0 Å². The molecule has 0 radical (unpaired) electrons. The van der Waals surface area contributed by atoms with E-state index in [9.17, 15) is 4.79 Å². The van der Waals surface area contributed by atoms with Crippen molar-refractivity contribution >= 4 is 5.78 Å². The molecule has 0 bridgehead atoms. The lowest BCUT2D eigenvalue weighted by Gasteiger charge is -2.15. The second-order valence-corrected chi connectivity index (χ2v) is 4.88. The Morgan fingerprint density at radius 2 is 1.80 bits per heavy atom. The summed E-state index contributed by atoms with van der Waals surface area (Å²) in [6.45, 7) is 0. The number of benzene rings is 2. The first-order valence-corrected chi connectivity index (χ1v) is 6.58. The number of Topliss-reactive ketones (excluding diaryl/α,β-unsaturated/α-hetero) is 1. The van der Waals surface area contributed by atoms with Crippen LogP contribution >= 0.6 is 0 Å². The molecular weight excluding hydrogens is 252 g/mol. The van der Waals surface area contributed by atoms with E-state index in [1.807, 2.05) is 42.5 Å². The third-order valence-corrected chi connectivity index (χ3v) is 3.84. The van der Waals surface area contributed by atoms with Gasteiger partial charge in [0.15, 0.2) is 5.78 Å². The molecule has 0 N–H and O–H groups in total. The van der Waals surface area contributed by atoms with Gasteiger partial charge in [0.1, 0.15) is 11.5 Å². The van der Waals surface area contributed by atoms with Crippen LogP contribution in [-0.2, 0) is 0 Å². The number of ketones is 1. The summed E-state index contributed by atoms with van der Waals surface area (Å²) >= 11 is 0. The number of rotatable bonds is 3. The standard InChI is InChI=1S/C17H16O3/c1-19-11-7-8-12-14(10-16(18)15(12)9-11)13-5-3-4-6-17(13)20-2/h3-9,14H,10H2,1-2H3/t14-/m0/s1. The molecule has 1 atom stereocenters. The van der Waals surface area contributed by atoms with Crippen molar-refractivity contribution in [3.8, 4) is 11.5 Å². The number of fused-ring (bicyclic) bond motifs is 1. The average Bonchev–Trinajstić information content (AvgIpc) is 2.83. The third-order valence-electron chi connectivity index (χ3n) is 3.84. The van der Waals surface area contributed by atoms with Gasteiger partial charge in [-0.15, -0.1) is 0 Å². The lowest BCUT2D eigenvalue weighted by molar-refractivity contribution is 0.0991. The Hall–Kier alpha value is -2.29. The van der Waals surface area contributed by atoms with Crippen LogP contribution in [0.1, 0.15) is 33.8 Å². The lowest BCUT2D eigenvalue weighted by atomic mass is 9.92. The highest BCUT2D eigenvalue weighted by Gasteiger charge is 2.32. The number of carbonyl (C=O) groups excluding carboxylic acids is 1. The highest BCUT2D eigenvalue weighted by Crippen LogP contribution is 2.42. The second-order valence-electron chi connectivity index (χ2n) is 4.88. The molecule has 0 fully saturated rings. The summed E-state index contributed by atoms with van der Waals surface area (Å²) in [6, 6.07) is 13.6. The Morgan fingerprint density at radius 3 is 2.55 bits per heavy atom. The molecule has 0 unspecified atom stereocenters. The van der Waals surface area contributed by atoms with Gasteiger partial charge in [-0.2, -0.15) is 0 Å². The number of hydrogen-bond donors (Lipinski definition) is 0. The third kappa shape index (κ3) is 1.95. The van der Waals surface area contributed by atoms with E-state index in [0.717, 1.165) is 28.2 Å². The first-order valence-electron chi connectivity index (χ1n) is 6.58. The Labute approximate surface area is 118 Å². The van der Waals surface area contributed by atoms with Crippen LogP contribution in [0.15, 0.2) is 42.5 Å². The normalized spacial score (nSPS) is 16.9. The van der Waals surface area contributed by atoms with Crippen molar-refractivity contribution in [2.45, 2.75) is 12.3 Å². The zero-order valence-corrected chi connectivity index (χ0v) is 11.6. The predicted molar refractivity (Wildman–Crippen MR) is 76.8 cm³/mol. The van der Waals surface area contributed by atoms with Crippen molar-refractivity contribution in [3.05, 3.63) is 59.2 Å². The number of para-hydroxylation sites is 1. The number of carbonyl (C=O) groups is 1. The molecule has 0 saturated carbocycles. The summed E-state index contributed by atoms with van der Waals surface area (Å²) in [7, 11) is 3.27. The molecule has 3 nitrogen and oxygen atoms in total. The first kappa shape index (κ1) is 12.7. The molecule has 3 heteroatoms. The number of hydrogen-bond acceptors (Lipinski definition) is 3. The van der Waals surface area contributed by atoms with E-state index in [0.29, 0.717) is 6.42 Å². The summed E-state index contributed by atoms with van der Waals surface area (Å²) < 4.78 is 10.6. The van der Waals surface area contributed by atoms with Crippen molar-refractivity contribution in [2.24, 2.45) is 0 Å². The van der Waals surface area contributed by atoms with Gasteiger partial charge in [-0.05, 0) is 23.8 Å². The number of ether oxygens (including phenoxy) is 2. The predicted octanol–water partition coefficient (Wildman–Crippen LogP) is 3.42. The minimum atomic E-state index is 0.0690. The average molecular weight is 268 g/mol. The maximum absolute atomic E-state index is 12.2. The summed E-state index contributed by atoms with van der Waals surface area (Å²) in [6.07, 6.45) is 0.489. The fraction of sp³-hybridized carbons (Fsp3) is 0.235. The Balaban J connectivity index is 2.09. The molecule has 2 aromatic carbocycles. The van der Waals surface area contributed by atoms with Gasteiger partial charge in [-0.1, -0.05) is 24.3 Å². The lowest BCUT2D eigenvalue weighted by Crippen LogP contribution is -2.00. The largest absolute Gasteiger partial charge is 0.497 e. The highest BCUT2D eigenvalue weighted by molar-refractivity contribution is 6.02. The molecule has 3 rings (SSSR count). The quantitative estimate of drug-likeness (QED) is 0.855. The van der Waals surface area contributed by atoms with Crippen LogP contribution in [0.4, 0.5) is 0 Å². The van der Waals surface area contributed by atoms with Crippen LogP contribution in [0.3, 0.4) is 0 Å². The topological polar surface area (TPSA) is 35.5 Å². The maximum atomic E-state index is 12.2. The Kier molecular flexibility index (Phi) is 3.18. The maximum Gasteiger partial charge on any atom is 0.164 e. The van der Waals surface area contributed by atoms with E-state index < -0.39 is 0 Å². The highest BCUT2D eigenvalue weighted by atomic mass is 16.5. The van der Waals surface area contributed by atoms with Crippen molar-refractivity contribution < 1.29 is 14.3 Å². The van der Waals surface area contributed by atoms with E-state index >= 15 is 0 Å². The van der Waals surface area contributed by atoms with Gasteiger partial charge >= 0.3 is 0 Å². The van der Waals surface area contributed by atoms with E-state index in [1.165, 1.54) is 0 Å². The Bertz CT molecular complexity index is 661. The van der Waals surface area contributed by atoms with E-state index in [-0.39, 0.29) is 11.7 Å². The Morgan fingerprint density at radius 1 is 1.00 bits per heavy atom. The SMILES string of the molecule is COc1ccc2c(c1)C(=O)C[C@@H]2c1ccccc1OC. The summed E-state index contributed by atoms with van der Waals surface area (Å²) in [4.78, 5) is 12.2. The van der Waals surface area contributed by atoms with Crippen molar-refractivity contribution in [1.82, 2.24) is 0 Å². The molecule has 0 heterocycles. The van der Waals surface area contributed by atoms with Gasteiger partial charge in [0.25, 0.3) is 0 Å². The zero-order valence-electron chi connectivity index (χ0n) is 11.6. The van der Waals surface area contributed by atoms with E-state index in [4.69, 9.17) is 9.47 Å². The second kappa shape index (κ2) is 5.00. The van der Waals surface area contributed by atoms with Gasteiger partial charge in [-0.3, -0.25) is 4.79 Å². The molecule has 0 saturated heterocycles. The van der Waals surface area contributed by atoms with Gasteiger partial charge in [0.05, 0.1) is 14.2 Å². The van der Waals surface area contributed by atoms with Crippen molar-refractivity contribution in [1.29, 1.82) is 0 Å². The van der Waals surface area contributed by atoms with Crippen LogP contribution in [0.2, 0.25) is 0 Å². The zero-order chi connectivity index (χ0) is 14.1. The summed E-state index contributed by atoms with van der Waals surface area (Å²) in [5.41, 5.74) is 2.88. The fourth-order valence-electron chi connectivity index (χ4n) is 2.84. The molecule has 2 aromatic rings. The van der Waals surface area contributed by atoms with E-state index in [1.54, 1.807) is 14.2 Å². The van der Waals surface area contributed by atoms with Crippen LogP contribution < -0.4 is 9.47 Å². The molecule has 1 aliphatic rings. The molecule has 1 aliphatic carbocycles. The monoisotopic (exact) mass is 268 g/mol. The van der Waals surface area contributed by atoms with Gasteiger partial charge < -0.3 is 9.47 Å². The van der Waals surface area contributed by atoms with Crippen LogP contribution in [-0.4, -0.2) is 20.0 Å². The van der Waals surface area contributed by atoms with Crippen LogP contribution in [0.5, 0.6) is 11.5 Å².